The van der Waals surface area contributed by atoms with Crippen LogP contribution >= 0.6 is 15.9 Å². The van der Waals surface area contributed by atoms with Crippen molar-refractivity contribution in [2.24, 2.45) is 0 Å². The van der Waals surface area contributed by atoms with Gasteiger partial charge in [-0.05, 0) is 53.4 Å². The minimum absolute atomic E-state index is 0.194. The van der Waals surface area contributed by atoms with Gasteiger partial charge in [0, 0.05) is 16.7 Å². The van der Waals surface area contributed by atoms with Crippen molar-refractivity contribution in [3.8, 4) is 6.07 Å². The Bertz CT molecular complexity index is 525. The zero-order valence-corrected chi connectivity index (χ0v) is 12.3. The van der Waals surface area contributed by atoms with E-state index in [-0.39, 0.29) is 12.0 Å². The molecule has 1 heterocycles. The van der Waals surface area contributed by atoms with E-state index >= 15 is 0 Å². The highest BCUT2D eigenvalue weighted by atomic mass is 79.9. The zero-order valence-electron chi connectivity index (χ0n) is 10.7. The molecule has 0 aliphatic carbocycles. The molecule has 5 heteroatoms. The molecular formula is C14H15BrN2O2. The molecule has 1 aliphatic heterocycles. The predicted octanol–water partition coefficient (Wildman–Crippen LogP) is 2.85. The standard InChI is InChI=1S/C14H15BrN2O2/c1-19-14(18)13-4-2-3-7-17(13)11-6-5-10(9-16)12(15)8-11/h5-6,8,13H,2-4,7H2,1H3. The van der Waals surface area contributed by atoms with Crippen molar-refractivity contribution in [2.45, 2.75) is 25.3 Å². The Morgan fingerprint density at radius 1 is 1.53 bits per heavy atom. The molecule has 4 nitrogen and oxygen atoms in total. The largest absolute Gasteiger partial charge is 0.467 e. The Morgan fingerprint density at radius 3 is 2.95 bits per heavy atom. The summed E-state index contributed by atoms with van der Waals surface area (Å²) in [5, 5.41) is 8.93. The zero-order chi connectivity index (χ0) is 13.8. The smallest absolute Gasteiger partial charge is 0.328 e. The first kappa shape index (κ1) is 13.9. The monoisotopic (exact) mass is 322 g/mol. The van der Waals surface area contributed by atoms with Crippen molar-refractivity contribution in [1.29, 1.82) is 5.26 Å². The number of nitrogens with zero attached hydrogens (tertiary/aromatic N) is 2. The maximum atomic E-state index is 11.8. The van der Waals surface area contributed by atoms with Gasteiger partial charge in [0.15, 0.2) is 0 Å². The number of anilines is 1. The summed E-state index contributed by atoms with van der Waals surface area (Å²) in [6.45, 7) is 0.831. The fourth-order valence-corrected chi connectivity index (χ4v) is 2.85. The van der Waals surface area contributed by atoms with Gasteiger partial charge in [0.2, 0.25) is 0 Å². The molecule has 0 saturated carbocycles. The van der Waals surface area contributed by atoms with Gasteiger partial charge in [0.05, 0.1) is 12.7 Å². The van der Waals surface area contributed by atoms with Crippen LogP contribution in [0.1, 0.15) is 24.8 Å². The first-order valence-electron chi connectivity index (χ1n) is 6.21. The van der Waals surface area contributed by atoms with Crippen LogP contribution in [-0.4, -0.2) is 25.7 Å². The predicted molar refractivity (Wildman–Crippen MR) is 75.9 cm³/mol. The lowest BCUT2D eigenvalue weighted by molar-refractivity contribution is -0.142. The number of benzene rings is 1. The third-order valence-electron chi connectivity index (χ3n) is 3.38. The van der Waals surface area contributed by atoms with Crippen LogP contribution in [-0.2, 0) is 9.53 Å². The molecule has 19 heavy (non-hydrogen) atoms. The third kappa shape index (κ3) is 2.90. The number of piperidine rings is 1. The van der Waals surface area contributed by atoms with E-state index in [0.29, 0.717) is 5.56 Å². The Balaban J connectivity index is 2.30. The van der Waals surface area contributed by atoms with Gasteiger partial charge in [-0.3, -0.25) is 0 Å². The minimum Gasteiger partial charge on any atom is -0.467 e. The maximum Gasteiger partial charge on any atom is 0.328 e. The number of halogens is 1. The minimum atomic E-state index is -0.224. The molecule has 0 amide bonds. The normalized spacial score (nSPS) is 18.8. The number of hydrogen-bond donors (Lipinski definition) is 0. The number of methoxy groups -OCH3 is 1. The molecule has 1 atom stereocenters. The SMILES string of the molecule is COC(=O)C1CCCCN1c1ccc(C#N)c(Br)c1. The summed E-state index contributed by atoms with van der Waals surface area (Å²) in [5.41, 5.74) is 1.54. The molecule has 0 bridgehead atoms. The molecule has 1 unspecified atom stereocenters. The van der Waals surface area contributed by atoms with Crippen molar-refractivity contribution in [1.82, 2.24) is 0 Å². The number of ether oxygens (including phenoxy) is 1. The molecule has 0 radical (unpaired) electrons. The van der Waals surface area contributed by atoms with Crippen LogP contribution in [0, 0.1) is 11.3 Å². The molecule has 1 aromatic rings. The summed E-state index contributed by atoms with van der Waals surface area (Å²) in [6.07, 6.45) is 2.91. The van der Waals surface area contributed by atoms with Crippen LogP contribution in [0.25, 0.3) is 0 Å². The van der Waals surface area contributed by atoms with E-state index in [9.17, 15) is 4.79 Å². The van der Waals surface area contributed by atoms with Crippen LogP contribution in [0.4, 0.5) is 5.69 Å². The molecular weight excluding hydrogens is 308 g/mol. The first-order valence-corrected chi connectivity index (χ1v) is 7.01. The Morgan fingerprint density at radius 2 is 2.32 bits per heavy atom. The van der Waals surface area contributed by atoms with Crippen molar-refractivity contribution < 1.29 is 9.53 Å². The average molecular weight is 323 g/mol. The summed E-state index contributed by atoms with van der Waals surface area (Å²) in [7, 11) is 1.42. The van der Waals surface area contributed by atoms with Crippen LogP contribution in [0.15, 0.2) is 22.7 Å². The van der Waals surface area contributed by atoms with E-state index in [4.69, 9.17) is 10.00 Å². The molecule has 1 saturated heterocycles. The molecule has 2 rings (SSSR count). The number of carbonyl (C=O) groups excluding carboxylic acids is 1. The molecule has 1 aromatic carbocycles. The fraction of sp³-hybridized carbons (Fsp3) is 0.429. The lowest BCUT2D eigenvalue weighted by Gasteiger charge is -2.35. The number of nitriles is 1. The van der Waals surface area contributed by atoms with E-state index in [1.54, 1.807) is 6.07 Å². The highest BCUT2D eigenvalue weighted by molar-refractivity contribution is 9.10. The van der Waals surface area contributed by atoms with Gasteiger partial charge in [-0.15, -0.1) is 0 Å². The summed E-state index contributed by atoms with van der Waals surface area (Å²) >= 11 is 3.38. The van der Waals surface area contributed by atoms with Gasteiger partial charge in [-0.2, -0.15) is 5.26 Å². The molecule has 1 fully saturated rings. The number of carbonyl (C=O) groups is 1. The highest BCUT2D eigenvalue weighted by Crippen LogP contribution is 2.29. The molecule has 0 spiro atoms. The Kier molecular flexibility index (Phi) is 4.43. The third-order valence-corrected chi connectivity index (χ3v) is 4.04. The van der Waals surface area contributed by atoms with Gasteiger partial charge in [-0.1, -0.05) is 0 Å². The molecule has 1 aliphatic rings. The van der Waals surface area contributed by atoms with Gasteiger partial charge in [0.25, 0.3) is 0 Å². The van der Waals surface area contributed by atoms with Crippen molar-refractivity contribution >= 4 is 27.6 Å². The summed E-state index contributed by atoms with van der Waals surface area (Å²) in [4.78, 5) is 13.9. The van der Waals surface area contributed by atoms with Crippen LogP contribution in [0.2, 0.25) is 0 Å². The van der Waals surface area contributed by atoms with Crippen molar-refractivity contribution in [2.75, 3.05) is 18.6 Å². The van der Waals surface area contributed by atoms with Crippen molar-refractivity contribution in [3.63, 3.8) is 0 Å². The molecule has 100 valence electrons. The van der Waals surface area contributed by atoms with E-state index < -0.39 is 0 Å². The van der Waals surface area contributed by atoms with Crippen LogP contribution in [0.3, 0.4) is 0 Å². The highest BCUT2D eigenvalue weighted by Gasteiger charge is 2.29. The van der Waals surface area contributed by atoms with Gasteiger partial charge >= 0.3 is 5.97 Å². The summed E-state index contributed by atoms with van der Waals surface area (Å²) < 4.78 is 5.62. The van der Waals surface area contributed by atoms with Crippen LogP contribution in [0.5, 0.6) is 0 Å². The van der Waals surface area contributed by atoms with E-state index in [1.807, 2.05) is 12.1 Å². The molecule has 0 N–H and O–H groups in total. The second-order valence-electron chi connectivity index (χ2n) is 4.50. The van der Waals surface area contributed by atoms with Crippen molar-refractivity contribution in [3.05, 3.63) is 28.2 Å². The lowest BCUT2D eigenvalue weighted by atomic mass is 10.0. The summed E-state index contributed by atoms with van der Waals surface area (Å²) in [6, 6.07) is 7.42. The van der Waals surface area contributed by atoms with Gasteiger partial charge in [-0.25, -0.2) is 4.79 Å². The number of esters is 1. The first-order chi connectivity index (χ1) is 9.17. The van der Waals surface area contributed by atoms with E-state index in [2.05, 4.69) is 26.9 Å². The maximum absolute atomic E-state index is 11.8. The second kappa shape index (κ2) is 6.07. The fourth-order valence-electron chi connectivity index (χ4n) is 2.40. The van der Waals surface area contributed by atoms with E-state index in [1.165, 1.54) is 7.11 Å². The topological polar surface area (TPSA) is 53.3 Å². The van der Waals surface area contributed by atoms with Crippen LogP contribution < -0.4 is 4.90 Å². The van der Waals surface area contributed by atoms with Gasteiger partial charge < -0.3 is 9.64 Å². The van der Waals surface area contributed by atoms with Gasteiger partial charge in [0.1, 0.15) is 12.1 Å². The molecule has 0 aromatic heterocycles. The average Bonchev–Trinajstić information content (AvgIpc) is 2.46. The van der Waals surface area contributed by atoms with E-state index in [0.717, 1.165) is 36.0 Å². The Hall–Kier alpha value is -1.54. The summed E-state index contributed by atoms with van der Waals surface area (Å²) in [5.74, 6) is -0.194. The lowest BCUT2D eigenvalue weighted by Crippen LogP contribution is -2.45. The number of hydrogen-bond acceptors (Lipinski definition) is 4. The number of rotatable bonds is 2. The second-order valence-corrected chi connectivity index (χ2v) is 5.36. The quantitative estimate of drug-likeness (QED) is 0.786. The Labute approximate surface area is 121 Å².